The van der Waals surface area contributed by atoms with Crippen molar-refractivity contribution in [3.8, 4) is 12.8 Å². The normalized spacial score (nSPS) is 13.6. The first kappa shape index (κ1) is 40.1. The monoisotopic (exact) mass is 561 g/mol. The molecule has 0 radical (unpaired) electrons. The van der Waals surface area contributed by atoms with E-state index in [1.165, 1.54) is 66.5 Å². The van der Waals surface area contributed by atoms with Crippen molar-refractivity contribution in [2.24, 2.45) is 0 Å². The molecule has 0 bridgehead atoms. The van der Waals surface area contributed by atoms with Gasteiger partial charge in [-0.25, -0.2) is 4.39 Å². The third-order valence-electron chi connectivity index (χ3n) is 6.88. The number of benzene rings is 2. The average molecular weight is 562 g/mol. The molecule has 41 heavy (non-hydrogen) atoms. The van der Waals surface area contributed by atoms with Crippen molar-refractivity contribution < 1.29 is 4.39 Å². The standard InChI is InChI=1S/C26H30FN.C7H16.2C2H6.C2H2/c1-7-16-28-20(6)18(4)25(19(5)22-12-14-24(27)15-13-22)26(28)23-10-8-21(9-11-23)17(2)3;1-3-5-7-6-4-2;3*1-2/h8-15,17,26H,5-7,16H2,1-4H3;3-7H2,1-2H3;2*1-2H3;1-2H. The van der Waals surface area contributed by atoms with Gasteiger partial charge < -0.3 is 4.90 Å². The minimum Gasteiger partial charge on any atom is -0.361 e. The Morgan fingerprint density at radius 1 is 0.829 bits per heavy atom. The third kappa shape index (κ3) is 12.6. The molecule has 0 spiro atoms. The summed E-state index contributed by atoms with van der Waals surface area (Å²) in [7, 11) is 0. The highest BCUT2D eigenvalue weighted by Gasteiger charge is 2.35. The SMILES string of the molecule is C#C.C=C(C1=C(C)C(=C)N(CCC)C1c1ccc(C(C)C)cc1)c1ccc(F)cc1.CC.CC.CCCCCCC. The Bertz CT molecular complexity index is 1020. The van der Waals surface area contributed by atoms with Gasteiger partial charge in [0.1, 0.15) is 5.82 Å². The summed E-state index contributed by atoms with van der Waals surface area (Å²) in [6, 6.07) is 15.6. The van der Waals surface area contributed by atoms with E-state index in [0.717, 1.165) is 29.8 Å². The van der Waals surface area contributed by atoms with Crippen molar-refractivity contribution in [1.29, 1.82) is 0 Å². The van der Waals surface area contributed by atoms with Crippen LogP contribution in [0, 0.1) is 18.7 Å². The maximum Gasteiger partial charge on any atom is 0.123 e. The van der Waals surface area contributed by atoms with Crippen LogP contribution in [-0.2, 0) is 0 Å². The van der Waals surface area contributed by atoms with Gasteiger partial charge in [0.05, 0.1) is 6.04 Å². The molecule has 0 aliphatic carbocycles. The smallest absolute Gasteiger partial charge is 0.123 e. The van der Waals surface area contributed by atoms with Gasteiger partial charge in [-0.1, -0.05) is 144 Å². The first-order valence-electron chi connectivity index (χ1n) is 15.8. The Hall–Kier alpha value is -3.05. The van der Waals surface area contributed by atoms with Gasteiger partial charge >= 0.3 is 0 Å². The Kier molecular flexibility index (Phi) is 23.1. The molecule has 1 nitrogen and oxygen atoms in total. The van der Waals surface area contributed by atoms with Gasteiger partial charge in [0.25, 0.3) is 0 Å². The molecule has 1 unspecified atom stereocenters. The number of nitrogens with zero attached hydrogens (tertiary/aromatic N) is 1. The zero-order valence-electron chi connectivity index (χ0n) is 28.1. The molecule has 1 heterocycles. The van der Waals surface area contributed by atoms with E-state index in [0.29, 0.717) is 5.92 Å². The molecule has 0 amide bonds. The van der Waals surface area contributed by atoms with Crippen LogP contribution in [0.5, 0.6) is 0 Å². The molecule has 1 aliphatic heterocycles. The molecule has 1 atom stereocenters. The summed E-state index contributed by atoms with van der Waals surface area (Å²) in [4.78, 5) is 2.38. The number of halogens is 1. The fourth-order valence-corrected chi connectivity index (χ4v) is 4.68. The van der Waals surface area contributed by atoms with Crippen LogP contribution >= 0.6 is 0 Å². The Labute approximate surface area is 254 Å². The Morgan fingerprint density at radius 3 is 1.73 bits per heavy atom. The fraction of sp³-hybridized carbons (Fsp3) is 0.487. The lowest BCUT2D eigenvalue weighted by molar-refractivity contribution is 0.316. The molecule has 228 valence electrons. The summed E-state index contributed by atoms with van der Waals surface area (Å²) in [5.41, 5.74) is 7.87. The van der Waals surface area contributed by atoms with Crippen LogP contribution in [0.15, 0.2) is 78.5 Å². The Balaban J connectivity index is 0. The molecule has 0 fully saturated rings. The molecule has 2 aromatic carbocycles. The van der Waals surface area contributed by atoms with Crippen molar-refractivity contribution in [3.63, 3.8) is 0 Å². The fourth-order valence-electron chi connectivity index (χ4n) is 4.68. The zero-order chi connectivity index (χ0) is 32.0. The predicted octanol–water partition coefficient (Wildman–Crippen LogP) is 12.5. The first-order valence-corrected chi connectivity index (χ1v) is 15.8. The van der Waals surface area contributed by atoms with Crippen LogP contribution in [0.4, 0.5) is 4.39 Å². The maximum absolute atomic E-state index is 13.4. The number of rotatable bonds is 10. The van der Waals surface area contributed by atoms with Crippen molar-refractivity contribution in [1.82, 2.24) is 4.90 Å². The van der Waals surface area contributed by atoms with E-state index < -0.39 is 0 Å². The average Bonchev–Trinajstić information content (AvgIpc) is 3.26. The molecule has 0 saturated heterocycles. The van der Waals surface area contributed by atoms with E-state index in [-0.39, 0.29) is 11.9 Å². The van der Waals surface area contributed by atoms with Gasteiger partial charge in [-0.2, -0.15) is 0 Å². The highest BCUT2D eigenvalue weighted by Crippen LogP contribution is 2.47. The summed E-state index contributed by atoms with van der Waals surface area (Å²) in [5, 5.41) is 0. The van der Waals surface area contributed by atoms with Crippen LogP contribution in [0.1, 0.15) is 136 Å². The number of terminal acetylenes is 1. The van der Waals surface area contributed by atoms with Gasteiger partial charge in [-0.3, -0.25) is 0 Å². The highest BCUT2D eigenvalue weighted by molar-refractivity contribution is 5.82. The van der Waals surface area contributed by atoms with E-state index in [1.807, 2.05) is 39.8 Å². The molecule has 1 aliphatic rings. The molecular weight excluding hydrogens is 501 g/mol. The third-order valence-corrected chi connectivity index (χ3v) is 6.88. The summed E-state index contributed by atoms with van der Waals surface area (Å²) in [6.45, 7) is 30.9. The van der Waals surface area contributed by atoms with E-state index in [1.54, 1.807) is 0 Å². The maximum atomic E-state index is 13.4. The van der Waals surface area contributed by atoms with Crippen molar-refractivity contribution >= 4 is 5.57 Å². The van der Waals surface area contributed by atoms with E-state index in [4.69, 9.17) is 0 Å². The molecule has 2 aromatic rings. The van der Waals surface area contributed by atoms with Crippen LogP contribution in [0.25, 0.3) is 5.57 Å². The van der Waals surface area contributed by atoms with Gasteiger partial charge in [-0.05, 0) is 64.8 Å². The number of hydrogen-bond acceptors (Lipinski definition) is 1. The van der Waals surface area contributed by atoms with Crippen molar-refractivity contribution in [3.05, 3.63) is 101 Å². The summed E-state index contributed by atoms with van der Waals surface area (Å²) < 4.78 is 13.4. The zero-order valence-corrected chi connectivity index (χ0v) is 28.1. The second-order valence-corrected chi connectivity index (χ2v) is 9.95. The topological polar surface area (TPSA) is 3.24 Å². The van der Waals surface area contributed by atoms with E-state index >= 15 is 0 Å². The van der Waals surface area contributed by atoms with Gasteiger partial charge in [0.15, 0.2) is 0 Å². The van der Waals surface area contributed by atoms with Gasteiger partial charge in [-0.15, -0.1) is 12.8 Å². The van der Waals surface area contributed by atoms with E-state index in [9.17, 15) is 4.39 Å². The minimum atomic E-state index is -0.230. The van der Waals surface area contributed by atoms with Crippen LogP contribution in [0.2, 0.25) is 0 Å². The summed E-state index contributed by atoms with van der Waals surface area (Å²) in [6.07, 6.45) is 16.1. The quantitative estimate of drug-likeness (QED) is 0.206. The first-order chi connectivity index (χ1) is 19.8. The molecule has 0 aromatic heterocycles. The number of unbranched alkanes of at least 4 members (excludes halogenated alkanes) is 4. The summed E-state index contributed by atoms with van der Waals surface area (Å²) in [5.74, 6) is 0.275. The highest BCUT2D eigenvalue weighted by atomic mass is 19.1. The lowest BCUT2D eigenvalue weighted by atomic mass is 9.88. The summed E-state index contributed by atoms with van der Waals surface area (Å²) >= 11 is 0. The minimum absolute atomic E-state index is 0.0891. The molecular formula is C39H60FN. The van der Waals surface area contributed by atoms with Gasteiger partial charge in [0, 0.05) is 12.2 Å². The van der Waals surface area contributed by atoms with Crippen molar-refractivity contribution in [2.45, 2.75) is 120 Å². The van der Waals surface area contributed by atoms with Gasteiger partial charge in [0.2, 0.25) is 0 Å². The van der Waals surface area contributed by atoms with Crippen LogP contribution in [-0.4, -0.2) is 11.4 Å². The Morgan fingerprint density at radius 2 is 1.32 bits per heavy atom. The lowest BCUT2D eigenvalue weighted by Gasteiger charge is -2.30. The van der Waals surface area contributed by atoms with Crippen LogP contribution < -0.4 is 0 Å². The number of allylic oxidation sites excluding steroid dienone is 1. The lowest BCUT2D eigenvalue weighted by Crippen LogP contribution is -2.25. The second-order valence-electron chi connectivity index (χ2n) is 9.95. The molecule has 2 heteroatoms. The van der Waals surface area contributed by atoms with Crippen LogP contribution in [0.3, 0.4) is 0 Å². The van der Waals surface area contributed by atoms with E-state index in [2.05, 4.69) is 96.7 Å². The predicted molar refractivity (Wildman–Crippen MR) is 185 cm³/mol. The molecule has 3 rings (SSSR count). The largest absolute Gasteiger partial charge is 0.361 e. The number of hydrogen-bond donors (Lipinski definition) is 0. The second kappa shape index (κ2) is 23.6. The molecule has 0 N–H and O–H groups in total. The van der Waals surface area contributed by atoms with Crippen molar-refractivity contribution in [2.75, 3.05) is 6.54 Å². The molecule has 0 saturated carbocycles.